The van der Waals surface area contributed by atoms with Crippen LogP contribution < -0.4 is 10.2 Å². The summed E-state index contributed by atoms with van der Waals surface area (Å²) in [6.45, 7) is 3.74. The smallest absolute Gasteiger partial charge is 0.317 e. The highest BCUT2D eigenvalue weighted by atomic mass is 16.5. The van der Waals surface area contributed by atoms with E-state index in [0.29, 0.717) is 24.7 Å². The normalized spacial score (nSPS) is 17.6. The van der Waals surface area contributed by atoms with Crippen molar-refractivity contribution in [3.05, 3.63) is 65.1 Å². The van der Waals surface area contributed by atoms with Gasteiger partial charge >= 0.3 is 6.03 Å². The molecule has 37 heavy (non-hydrogen) atoms. The van der Waals surface area contributed by atoms with Gasteiger partial charge in [0.05, 0.1) is 29.6 Å². The Morgan fingerprint density at radius 2 is 2.03 bits per heavy atom. The second kappa shape index (κ2) is 9.91. The van der Waals surface area contributed by atoms with Crippen molar-refractivity contribution >= 4 is 17.4 Å². The highest BCUT2D eigenvalue weighted by Gasteiger charge is 2.32. The van der Waals surface area contributed by atoms with Gasteiger partial charge in [-0.15, -0.1) is 0 Å². The number of urea groups is 1. The van der Waals surface area contributed by atoms with Crippen molar-refractivity contribution in [1.82, 2.24) is 19.8 Å². The maximum atomic E-state index is 12.6. The molecule has 0 unspecified atom stereocenters. The van der Waals surface area contributed by atoms with Crippen LogP contribution in [0.2, 0.25) is 0 Å². The third kappa shape index (κ3) is 4.23. The molecule has 2 amide bonds. The number of fused-ring (bicyclic) bond motifs is 2. The number of aromatic nitrogens is 2. The van der Waals surface area contributed by atoms with Gasteiger partial charge < -0.3 is 24.4 Å². The molecule has 190 valence electrons. The van der Waals surface area contributed by atoms with Crippen molar-refractivity contribution < 1.29 is 9.53 Å². The minimum absolute atomic E-state index is 0.0405. The number of nitrogens with one attached hydrogen (secondary N) is 1. The fraction of sp³-hybridized carbons (Fsp3) is 0.414. The lowest BCUT2D eigenvalue weighted by Crippen LogP contribution is -2.42. The molecular weight excluding hydrogens is 464 g/mol. The maximum absolute atomic E-state index is 12.6. The molecule has 1 saturated heterocycles. The summed E-state index contributed by atoms with van der Waals surface area (Å²) in [5, 5.41) is 12.9. The van der Waals surface area contributed by atoms with E-state index in [1.807, 2.05) is 29.2 Å². The molecule has 3 aliphatic heterocycles. The summed E-state index contributed by atoms with van der Waals surface area (Å²) in [7, 11) is 1.69. The quantitative estimate of drug-likeness (QED) is 0.575. The van der Waals surface area contributed by atoms with Gasteiger partial charge in [-0.2, -0.15) is 5.26 Å². The monoisotopic (exact) mass is 496 g/mol. The number of aryl methyl sites for hydroxylation is 1. The molecule has 0 spiro atoms. The van der Waals surface area contributed by atoms with Crippen molar-refractivity contribution in [2.75, 3.05) is 38.3 Å². The number of ether oxygens (including phenoxy) is 1. The lowest BCUT2D eigenvalue weighted by atomic mass is 9.93. The predicted molar refractivity (Wildman–Crippen MR) is 142 cm³/mol. The molecule has 0 saturated carbocycles. The number of nitriles is 1. The van der Waals surface area contributed by atoms with Crippen molar-refractivity contribution in [1.29, 1.82) is 5.26 Å². The number of carbonyl (C=O) groups is 1. The van der Waals surface area contributed by atoms with E-state index in [2.05, 4.69) is 38.1 Å². The van der Waals surface area contributed by atoms with Crippen molar-refractivity contribution in [3.8, 4) is 17.3 Å². The summed E-state index contributed by atoms with van der Waals surface area (Å²) in [5.74, 6) is 0. The van der Waals surface area contributed by atoms with Crippen LogP contribution in [0.3, 0.4) is 0 Å². The maximum Gasteiger partial charge on any atom is 0.317 e. The van der Waals surface area contributed by atoms with E-state index in [0.717, 1.165) is 74.5 Å². The van der Waals surface area contributed by atoms with Gasteiger partial charge in [-0.1, -0.05) is 6.07 Å². The van der Waals surface area contributed by atoms with Crippen LogP contribution in [0.25, 0.3) is 11.3 Å². The summed E-state index contributed by atoms with van der Waals surface area (Å²) in [6.07, 6.45) is 8.91. The summed E-state index contributed by atoms with van der Waals surface area (Å²) in [6, 6.07) is 12.8. The fourth-order valence-corrected chi connectivity index (χ4v) is 6.12. The van der Waals surface area contributed by atoms with Gasteiger partial charge in [0.2, 0.25) is 0 Å². The number of pyridine rings is 1. The zero-order chi connectivity index (χ0) is 25.4. The van der Waals surface area contributed by atoms with Crippen molar-refractivity contribution in [3.63, 3.8) is 0 Å². The first-order valence-electron chi connectivity index (χ1n) is 13.2. The van der Waals surface area contributed by atoms with Crippen LogP contribution in [0.15, 0.2) is 42.7 Å². The predicted octanol–water partition coefficient (Wildman–Crippen LogP) is 4.56. The first-order valence-corrected chi connectivity index (χ1v) is 13.2. The average molecular weight is 497 g/mol. The number of hydrogen-bond acceptors (Lipinski definition) is 5. The number of benzene rings is 1. The van der Waals surface area contributed by atoms with Crippen LogP contribution in [-0.2, 0) is 24.1 Å². The average Bonchev–Trinajstić information content (AvgIpc) is 3.35. The van der Waals surface area contributed by atoms with E-state index in [1.54, 1.807) is 13.2 Å². The minimum atomic E-state index is -0.0405. The molecule has 0 bridgehead atoms. The summed E-state index contributed by atoms with van der Waals surface area (Å²) < 4.78 is 8.12. The Kier molecular flexibility index (Phi) is 6.31. The molecule has 1 aromatic carbocycles. The molecule has 0 atom stereocenters. The third-order valence-electron chi connectivity index (χ3n) is 7.97. The van der Waals surface area contributed by atoms with Gasteiger partial charge in [-0.3, -0.25) is 4.98 Å². The SMILES string of the molecule is CNC(=O)N1CCc2c(c(N3CCCc4cc(-c5ccccn5)c(C#N)cc43)cn2C2CCOCC2)C1. The molecule has 8 nitrogen and oxygen atoms in total. The van der Waals surface area contributed by atoms with Gasteiger partial charge in [0.25, 0.3) is 0 Å². The Labute approximate surface area is 217 Å². The zero-order valence-electron chi connectivity index (χ0n) is 21.2. The van der Waals surface area contributed by atoms with Crippen LogP contribution >= 0.6 is 0 Å². The molecule has 0 aliphatic carbocycles. The molecule has 1 N–H and O–H groups in total. The summed E-state index contributed by atoms with van der Waals surface area (Å²) in [4.78, 5) is 21.3. The molecule has 0 radical (unpaired) electrons. The van der Waals surface area contributed by atoms with Gasteiger partial charge in [-0.05, 0) is 55.5 Å². The topological polar surface area (TPSA) is 86.4 Å². The first kappa shape index (κ1) is 23.6. The number of amides is 2. The number of nitrogens with zero attached hydrogens (tertiary/aromatic N) is 5. The molecule has 3 aliphatic rings. The van der Waals surface area contributed by atoms with Crippen LogP contribution in [0.4, 0.5) is 16.2 Å². The second-order valence-electron chi connectivity index (χ2n) is 10.0. The molecule has 6 rings (SSSR count). The molecule has 1 fully saturated rings. The molecule has 3 aromatic rings. The minimum Gasteiger partial charge on any atom is -0.381 e. The van der Waals surface area contributed by atoms with E-state index in [4.69, 9.17) is 4.74 Å². The lowest BCUT2D eigenvalue weighted by Gasteiger charge is -2.34. The number of hydrogen-bond donors (Lipinski definition) is 1. The Hall–Kier alpha value is -3.83. The largest absolute Gasteiger partial charge is 0.381 e. The van der Waals surface area contributed by atoms with Gasteiger partial charge in [0.1, 0.15) is 0 Å². The number of rotatable bonds is 3. The molecule has 2 aromatic heterocycles. The van der Waals surface area contributed by atoms with E-state index in [9.17, 15) is 10.1 Å². The van der Waals surface area contributed by atoms with E-state index < -0.39 is 0 Å². The van der Waals surface area contributed by atoms with Gasteiger partial charge in [-0.25, -0.2) is 4.79 Å². The second-order valence-corrected chi connectivity index (χ2v) is 10.0. The van der Waals surface area contributed by atoms with Crippen molar-refractivity contribution in [2.24, 2.45) is 0 Å². The van der Waals surface area contributed by atoms with Crippen LogP contribution in [0.5, 0.6) is 0 Å². The van der Waals surface area contributed by atoms with Gasteiger partial charge in [0.15, 0.2) is 0 Å². The standard InChI is InChI=1S/C29H32N6O2/c1-31-29(36)33-12-7-26-24(18-33)28(19-35(26)22-8-13-37-14-9-22)34-11-4-5-20-15-23(21(17-30)16-27(20)34)25-6-2-3-10-32-25/h2-3,6,10,15-16,19,22H,4-5,7-9,11-14,18H2,1H3,(H,31,36). The van der Waals surface area contributed by atoms with Gasteiger partial charge in [0, 0.05) is 80.7 Å². The Morgan fingerprint density at radius 3 is 2.78 bits per heavy atom. The van der Waals surface area contributed by atoms with Crippen LogP contribution in [0, 0.1) is 11.3 Å². The first-order chi connectivity index (χ1) is 18.2. The number of anilines is 2. The van der Waals surface area contributed by atoms with E-state index >= 15 is 0 Å². The highest BCUT2D eigenvalue weighted by Crippen LogP contribution is 2.43. The molecular formula is C29H32N6O2. The molecule has 8 heteroatoms. The van der Waals surface area contributed by atoms with Crippen LogP contribution in [-0.4, -0.2) is 53.8 Å². The number of carbonyl (C=O) groups excluding carboxylic acids is 1. The Bertz CT molecular complexity index is 1350. The Morgan fingerprint density at radius 1 is 1.16 bits per heavy atom. The lowest BCUT2D eigenvalue weighted by molar-refractivity contribution is 0.0687. The van der Waals surface area contributed by atoms with Crippen LogP contribution in [0.1, 0.15) is 47.7 Å². The summed E-state index contributed by atoms with van der Waals surface area (Å²) >= 11 is 0. The van der Waals surface area contributed by atoms with E-state index in [1.165, 1.54) is 16.8 Å². The zero-order valence-corrected chi connectivity index (χ0v) is 21.2. The Balaban J connectivity index is 1.45. The third-order valence-corrected chi connectivity index (χ3v) is 7.97. The van der Waals surface area contributed by atoms with Crippen molar-refractivity contribution in [2.45, 2.75) is 44.7 Å². The molecule has 5 heterocycles. The van der Waals surface area contributed by atoms with E-state index in [-0.39, 0.29) is 6.03 Å². The fourth-order valence-electron chi connectivity index (χ4n) is 6.12. The highest BCUT2D eigenvalue weighted by molar-refractivity contribution is 5.80. The summed E-state index contributed by atoms with van der Waals surface area (Å²) in [5.41, 5.74) is 8.38.